The molecule has 1 aliphatic heterocycles. The first-order valence-electron chi connectivity index (χ1n) is 9.03. The number of hydrogen-bond acceptors (Lipinski definition) is 5. The largest absolute Gasteiger partial charge is 0.385 e. The molecule has 6 nitrogen and oxygen atoms in total. The zero-order chi connectivity index (χ0) is 19.9. The van der Waals surface area contributed by atoms with Crippen LogP contribution in [0.3, 0.4) is 0 Å². The van der Waals surface area contributed by atoms with E-state index in [1.54, 1.807) is 25.3 Å². The normalized spacial score (nSPS) is 18.1. The van der Waals surface area contributed by atoms with Crippen LogP contribution in [-0.4, -0.2) is 27.4 Å². The molecular weight excluding hydrogens is 379 g/mol. The number of nitrogens with one attached hydrogen (secondary N) is 3. The summed E-state index contributed by atoms with van der Waals surface area (Å²) >= 11 is 1.42. The van der Waals surface area contributed by atoms with Crippen LogP contribution in [0.5, 0.6) is 0 Å². The number of aromatic nitrogens is 2. The number of carbonyl (C=O) groups excluding carboxylic acids is 1. The second-order valence-electron chi connectivity index (χ2n) is 7.25. The summed E-state index contributed by atoms with van der Waals surface area (Å²) in [6.07, 6.45) is 2.39. The number of aliphatic hydroxyl groups is 1. The number of anilines is 1. The van der Waals surface area contributed by atoms with Crippen molar-refractivity contribution >= 4 is 22.9 Å². The summed E-state index contributed by atoms with van der Waals surface area (Å²) in [5.41, 5.74) is 2.24. The van der Waals surface area contributed by atoms with Gasteiger partial charge in [0.05, 0.1) is 23.7 Å². The van der Waals surface area contributed by atoms with Crippen LogP contribution in [0.2, 0.25) is 0 Å². The number of fused-ring (bicyclic) bond motifs is 1. The van der Waals surface area contributed by atoms with Crippen LogP contribution in [0.25, 0.3) is 10.4 Å². The number of rotatable bonds is 5. The molecule has 8 heteroatoms. The molecule has 0 fully saturated rings. The monoisotopic (exact) mass is 400 g/mol. The van der Waals surface area contributed by atoms with Gasteiger partial charge >= 0.3 is 0 Å². The first kappa shape index (κ1) is 18.6. The first-order chi connectivity index (χ1) is 13.3. The van der Waals surface area contributed by atoms with Crippen LogP contribution in [0.1, 0.15) is 40.7 Å². The van der Waals surface area contributed by atoms with Gasteiger partial charge in [-0.15, -0.1) is 11.3 Å². The van der Waals surface area contributed by atoms with Crippen molar-refractivity contribution in [2.45, 2.75) is 38.5 Å². The van der Waals surface area contributed by atoms with Gasteiger partial charge in [0, 0.05) is 16.1 Å². The van der Waals surface area contributed by atoms with E-state index in [9.17, 15) is 14.3 Å². The van der Waals surface area contributed by atoms with Crippen LogP contribution in [0.15, 0.2) is 36.5 Å². The van der Waals surface area contributed by atoms with E-state index in [-0.39, 0.29) is 17.9 Å². The Balaban J connectivity index is 1.47. The number of aryl methyl sites for hydroxylation is 1. The van der Waals surface area contributed by atoms with Gasteiger partial charge in [0.2, 0.25) is 0 Å². The third-order valence-corrected chi connectivity index (χ3v) is 6.22. The van der Waals surface area contributed by atoms with Crippen molar-refractivity contribution in [2.75, 3.05) is 5.32 Å². The average molecular weight is 400 g/mol. The number of hydrogen-bond donors (Lipinski definition) is 4. The van der Waals surface area contributed by atoms with E-state index < -0.39 is 5.60 Å². The van der Waals surface area contributed by atoms with Gasteiger partial charge in [-0.3, -0.25) is 9.89 Å². The molecule has 1 amide bonds. The molecular formula is C20H21FN4O2S. The number of benzene rings is 1. The van der Waals surface area contributed by atoms with Crippen molar-refractivity contribution in [1.29, 1.82) is 0 Å². The summed E-state index contributed by atoms with van der Waals surface area (Å²) in [5, 5.41) is 24.0. The average Bonchev–Trinajstić information content (AvgIpc) is 3.26. The Morgan fingerprint density at radius 2 is 2.04 bits per heavy atom. The van der Waals surface area contributed by atoms with Gasteiger partial charge in [-0.25, -0.2) is 4.39 Å². The van der Waals surface area contributed by atoms with E-state index in [0.29, 0.717) is 23.3 Å². The van der Waals surface area contributed by atoms with Crippen molar-refractivity contribution < 1.29 is 14.3 Å². The molecule has 2 aromatic heterocycles. The molecule has 2 atom stereocenters. The van der Waals surface area contributed by atoms with Gasteiger partial charge in [-0.2, -0.15) is 5.10 Å². The van der Waals surface area contributed by atoms with Crippen LogP contribution in [0.4, 0.5) is 10.1 Å². The van der Waals surface area contributed by atoms with Crippen molar-refractivity contribution in [3.8, 4) is 10.4 Å². The van der Waals surface area contributed by atoms with Gasteiger partial charge in [-0.1, -0.05) is 12.1 Å². The maximum absolute atomic E-state index is 13.1. The van der Waals surface area contributed by atoms with Gasteiger partial charge in [-0.05, 0) is 50.5 Å². The highest BCUT2D eigenvalue weighted by Crippen LogP contribution is 2.38. The zero-order valence-corrected chi connectivity index (χ0v) is 16.4. The Morgan fingerprint density at radius 1 is 1.29 bits per heavy atom. The molecule has 2 unspecified atom stereocenters. The predicted octanol–water partition coefficient (Wildman–Crippen LogP) is 3.76. The minimum absolute atomic E-state index is 0.127. The molecule has 146 valence electrons. The van der Waals surface area contributed by atoms with Crippen molar-refractivity contribution in [3.05, 3.63) is 58.5 Å². The Morgan fingerprint density at radius 3 is 2.71 bits per heavy atom. The Bertz CT molecular complexity index is 1010. The maximum Gasteiger partial charge on any atom is 0.265 e. The van der Waals surface area contributed by atoms with Crippen LogP contribution < -0.4 is 10.6 Å². The minimum Gasteiger partial charge on any atom is -0.385 e. The molecule has 0 spiro atoms. The highest BCUT2D eigenvalue weighted by Gasteiger charge is 2.30. The van der Waals surface area contributed by atoms with Crippen molar-refractivity contribution in [2.24, 2.45) is 0 Å². The van der Waals surface area contributed by atoms with E-state index in [0.717, 1.165) is 21.8 Å². The van der Waals surface area contributed by atoms with E-state index in [1.165, 1.54) is 23.5 Å². The molecule has 4 N–H and O–H groups in total. The predicted molar refractivity (Wildman–Crippen MR) is 107 cm³/mol. The molecule has 0 saturated heterocycles. The van der Waals surface area contributed by atoms with Gasteiger partial charge in [0.15, 0.2) is 0 Å². The summed E-state index contributed by atoms with van der Waals surface area (Å²) in [7, 11) is 0. The number of aromatic amines is 1. The van der Waals surface area contributed by atoms with Gasteiger partial charge < -0.3 is 15.7 Å². The smallest absolute Gasteiger partial charge is 0.265 e. The van der Waals surface area contributed by atoms with Crippen LogP contribution in [0, 0.1) is 12.7 Å². The first-order valence-corrected chi connectivity index (χ1v) is 9.85. The molecule has 1 aromatic carbocycles. The van der Waals surface area contributed by atoms with Gasteiger partial charge in [0.1, 0.15) is 10.7 Å². The van der Waals surface area contributed by atoms with E-state index in [1.807, 2.05) is 13.0 Å². The van der Waals surface area contributed by atoms with E-state index in [4.69, 9.17) is 0 Å². The van der Waals surface area contributed by atoms with Crippen LogP contribution in [-0.2, 0) is 5.60 Å². The molecule has 1 aliphatic rings. The molecule has 3 aromatic rings. The number of amides is 1. The zero-order valence-electron chi connectivity index (χ0n) is 15.5. The molecule has 0 radical (unpaired) electrons. The third kappa shape index (κ3) is 3.53. The maximum atomic E-state index is 13.1. The lowest BCUT2D eigenvalue weighted by atomic mass is 9.90. The molecule has 0 aliphatic carbocycles. The van der Waals surface area contributed by atoms with E-state index >= 15 is 0 Å². The van der Waals surface area contributed by atoms with Crippen molar-refractivity contribution in [3.63, 3.8) is 0 Å². The summed E-state index contributed by atoms with van der Waals surface area (Å²) < 4.78 is 13.1. The highest BCUT2D eigenvalue weighted by molar-refractivity contribution is 7.18. The van der Waals surface area contributed by atoms with Gasteiger partial charge in [0.25, 0.3) is 5.91 Å². The number of H-pyrrole nitrogens is 1. The summed E-state index contributed by atoms with van der Waals surface area (Å²) in [6, 6.07) is 7.79. The molecule has 0 bridgehead atoms. The fourth-order valence-electron chi connectivity index (χ4n) is 3.37. The highest BCUT2D eigenvalue weighted by atomic mass is 32.1. The Kier molecular flexibility index (Phi) is 4.68. The second-order valence-corrected chi connectivity index (χ2v) is 8.30. The number of carbonyl (C=O) groups is 1. The topological polar surface area (TPSA) is 90.0 Å². The fourth-order valence-corrected chi connectivity index (χ4v) is 4.46. The number of nitrogens with zero attached hydrogens (tertiary/aromatic N) is 1. The summed E-state index contributed by atoms with van der Waals surface area (Å²) in [4.78, 5) is 14.1. The second kappa shape index (κ2) is 7.03. The van der Waals surface area contributed by atoms with Crippen LogP contribution >= 0.6 is 11.3 Å². The van der Waals surface area contributed by atoms with Crippen molar-refractivity contribution in [1.82, 2.24) is 15.5 Å². The molecule has 4 rings (SSSR count). The Labute approximate surface area is 165 Å². The van der Waals surface area contributed by atoms with E-state index in [2.05, 4.69) is 20.8 Å². The Hall–Kier alpha value is -2.71. The quantitative estimate of drug-likeness (QED) is 0.525. The molecule has 3 heterocycles. The summed E-state index contributed by atoms with van der Waals surface area (Å²) in [6.45, 7) is 3.63. The molecule has 0 saturated carbocycles. The lowest BCUT2D eigenvalue weighted by Crippen LogP contribution is -2.45. The SMILES string of the molecule is Cc1[nH]ncc1-c1cc2c(s1)C(=O)NC(CCC(C)(O)c1ccc(F)cc1)N2. The lowest BCUT2D eigenvalue weighted by Gasteiger charge is -2.30. The fraction of sp³-hybridized carbons (Fsp3) is 0.300. The summed E-state index contributed by atoms with van der Waals surface area (Å²) in [5.74, 6) is -0.466. The number of halogens is 1. The third-order valence-electron chi connectivity index (χ3n) is 5.05. The standard InChI is InChI=1S/C20H21FN4O2S/c1-11-14(10-22-25-11)16-9-15-18(28-16)19(26)24-17(23-15)7-8-20(2,27)12-3-5-13(21)6-4-12/h3-6,9-10,17,23,27H,7-8H2,1-2H3,(H,22,25)(H,24,26). The lowest BCUT2D eigenvalue weighted by molar-refractivity contribution is 0.0427. The number of thiophene rings is 1. The molecule has 28 heavy (non-hydrogen) atoms. The minimum atomic E-state index is -1.12.